The first kappa shape index (κ1) is 16.4. The van der Waals surface area contributed by atoms with Crippen molar-refractivity contribution in [3.63, 3.8) is 0 Å². The van der Waals surface area contributed by atoms with Crippen LogP contribution in [0.15, 0.2) is 17.3 Å². The highest BCUT2D eigenvalue weighted by Gasteiger charge is 1.90. The first-order chi connectivity index (χ1) is 8.31. The van der Waals surface area contributed by atoms with Crippen molar-refractivity contribution >= 4 is 5.71 Å². The third-order valence-corrected chi connectivity index (χ3v) is 3.14. The van der Waals surface area contributed by atoms with E-state index >= 15 is 0 Å². The lowest BCUT2D eigenvalue weighted by atomic mass is 10.1. The van der Waals surface area contributed by atoms with Crippen molar-refractivity contribution in [1.29, 1.82) is 0 Å². The van der Waals surface area contributed by atoms with Gasteiger partial charge in [-0.1, -0.05) is 64.9 Å². The standard InChI is InChI=1S/C16H31N/c1-4-6-7-8-9-10-11-12-13-14-15-17-16(3)5-2/h14-15H,4-13H2,1-3H3. The third-order valence-electron chi connectivity index (χ3n) is 3.14. The van der Waals surface area contributed by atoms with Crippen LogP contribution in [0.5, 0.6) is 0 Å². The molecule has 0 aliphatic rings. The van der Waals surface area contributed by atoms with Crippen LogP contribution in [0.1, 0.15) is 85.0 Å². The van der Waals surface area contributed by atoms with Gasteiger partial charge < -0.3 is 0 Å². The van der Waals surface area contributed by atoms with Gasteiger partial charge in [0, 0.05) is 11.9 Å². The first-order valence-corrected chi connectivity index (χ1v) is 7.49. The van der Waals surface area contributed by atoms with Gasteiger partial charge in [-0.3, -0.25) is 4.99 Å². The van der Waals surface area contributed by atoms with Gasteiger partial charge in [0.1, 0.15) is 0 Å². The monoisotopic (exact) mass is 237 g/mol. The molecule has 1 heteroatoms. The summed E-state index contributed by atoms with van der Waals surface area (Å²) < 4.78 is 0. The van der Waals surface area contributed by atoms with Crippen molar-refractivity contribution in [3.05, 3.63) is 12.3 Å². The van der Waals surface area contributed by atoms with E-state index in [1.54, 1.807) is 0 Å². The minimum atomic E-state index is 1.06. The van der Waals surface area contributed by atoms with Crippen LogP contribution in [0.2, 0.25) is 0 Å². The number of hydrogen-bond donors (Lipinski definition) is 0. The maximum Gasteiger partial charge on any atom is 0.0227 e. The van der Waals surface area contributed by atoms with E-state index in [2.05, 4.69) is 31.8 Å². The van der Waals surface area contributed by atoms with Gasteiger partial charge in [-0.05, 0) is 26.2 Å². The number of hydrogen-bond acceptors (Lipinski definition) is 1. The molecule has 0 aliphatic heterocycles. The highest BCUT2D eigenvalue weighted by atomic mass is 14.7. The maximum atomic E-state index is 4.35. The van der Waals surface area contributed by atoms with Crippen molar-refractivity contribution in [1.82, 2.24) is 0 Å². The molecule has 0 aromatic heterocycles. The lowest BCUT2D eigenvalue weighted by Crippen LogP contribution is -1.83. The van der Waals surface area contributed by atoms with Gasteiger partial charge in [-0.25, -0.2) is 0 Å². The Labute approximate surface area is 108 Å². The summed E-state index contributed by atoms with van der Waals surface area (Å²) in [5.74, 6) is 0. The first-order valence-electron chi connectivity index (χ1n) is 7.49. The molecule has 17 heavy (non-hydrogen) atoms. The second kappa shape index (κ2) is 13.5. The van der Waals surface area contributed by atoms with Crippen molar-refractivity contribution in [3.8, 4) is 0 Å². The number of nitrogens with zero attached hydrogens (tertiary/aromatic N) is 1. The smallest absolute Gasteiger partial charge is 0.0227 e. The topological polar surface area (TPSA) is 12.4 Å². The van der Waals surface area contributed by atoms with Crippen LogP contribution in [0.25, 0.3) is 0 Å². The van der Waals surface area contributed by atoms with Crippen molar-refractivity contribution in [2.45, 2.75) is 85.0 Å². The summed E-state index contributed by atoms with van der Waals surface area (Å²) in [6.45, 7) is 6.50. The molecule has 1 nitrogen and oxygen atoms in total. The van der Waals surface area contributed by atoms with E-state index in [1.807, 2.05) is 6.20 Å². The molecule has 0 spiro atoms. The lowest BCUT2D eigenvalue weighted by Gasteiger charge is -1.99. The summed E-state index contributed by atoms with van der Waals surface area (Å²) in [5.41, 5.74) is 1.22. The van der Waals surface area contributed by atoms with E-state index in [-0.39, 0.29) is 0 Å². The SMILES string of the molecule is CCCCCCCCCCC=CN=C(C)CC. The van der Waals surface area contributed by atoms with Crippen molar-refractivity contribution < 1.29 is 0 Å². The highest BCUT2D eigenvalue weighted by Crippen LogP contribution is 2.09. The average molecular weight is 237 g/mol. The van der Waals surface area contributed by atoms with Crippen LogP contribution in [0.3, 0.4) is 0 Å². The average Bonchev–Trinajstić information content (AvgIpc) is 2.35. The molecular formula is C16H31N. The molecule has 0 saturated heterocycles. The van der Waals surface area contributed by atoms with E-state index in [0.717, 1.165) is 6.42 Å². The highest BCUT2D eigenvalue weighted by molar-refractivity contribution is 5.82. The summed E-state index contributed by atoms with van der Waals surface area (Å²) in [5, 5.41) is 0. The van der Waals surface area contributed by atoms with Gasteiger partial charge in [-0.15, -0.1) is 0 Å². The minimum Gasteiger partial charge on any atom is -0.266 e. The van der Waals surface area contributed by atoms with Gasteiger partial charge in [0.2, 0.25) is 0 Å². The van der Waals surface area contributed by atoms with Gasteiger partial charge in [-0.2, -0.15) is 0 Å². The Kier molecular flexibility index (Phi) is 13.0. The molecule has 0 saturated carbocycles. The van der Waals surface area contributed by atoms with E-state index in [0.29, 0.717) is 0 Å². The predicted molar refractivity (Wildman–Crippen MR) is 79.8 cm³/mol. The number of aliphatic imine (C=N–C) groups is 1. The van der Waals surface area contributed by atoms with Crippen LogP contribution in [0.4, 0.5) is 0 Å². The fourth-order valence-corrected chi connectivity index (χ4v) is 1.74. The Morgan fingerprint density at radius 3 is 2.06 bits per heavy atom. The summed E-state index contributed by atoms with van der Waals surface area (Å²) in [6.07, 6.45) is 17.6. The Morgan fingerprint density at radius 1 is 0.882 bits per heavy atom. The molecule has 0 bridgehead atoms. The fraction of sp³-hybridized carbons (Fsp3) is 0.812. The summed E-state index contributed by atoms with van der Waals surface area (Å²) >= 11 is 0. The number of unbranched alkanes of at least 4 members (excludes halogenated alkanes) is 8. The fourth-order valence-electron chi connectivity index (χ4n) is 1.74. The molecule has 100 valence electrons. The number of rotatable bonds is 11. The third kappa shape index (κ3) is 13.3. The normalized spacial score (nSPS) is 12.5. The van der Waals surface area contributed by atoms with Crippen LogP contribution >= 0.6 is 0 Å². The van der Waals surface area contributed by atoms with Crippen LogP contribution < -0.4 is 0 Å². The Bertz CT molecular complexity index is 204. The Balaban J connectivity index is 3.18. The van der Waals surface area contributed by atoms with Crippen molar-refractivity contribution in [2.24, 2.45) is 4.99 Å². The minimum absolute atomic E-state index is 1.06. The van der Waals surface area contributed by atoms with Gasteiger partial charge in [0.05, 0.1) is 0 Å². The molecule has 0 fully saturated rings. The second-order valence-electron chi connectivity index (χ2n) is 4.87. The predicted octanol–water partition coefficient (Wildman–Crippen LogP) is 5.90. The Morgan fingerprint density at radius 2 is 1.47 bits per heavy atom. The zero-order valence-electron chi connectivity index (χ0n) is 12.2. The lowest BCUT2D eigenvalue weighted by molar-refractivity contribution is 0.577. The largest absolute Gasteiger partial charge is 0.266 e. The zero-order chi connectivity index (χ0) is 12.8. The molecule has 0 aromatic carbocycles. The van der Waals surface area contributed by atoms with E-state index < -0.39 is 0 Å². The number of allylic oxidation sites excluding steroid dienone is 1. The molecule has 0 aromatic rings. The van der Waals surface area contributed by atoms with E-state index in [4.69, 9.17) is 0 Å². The van der Waals surface area contributed by atoms with Crippen LogP contribution in [0, 0.1) is 0 Å². The van der Waals surface area contributed by atoms with Crippen LogP contribution in [-0.4, -0.2) is 5.71 Å². The molecule has 0 N–H and O–H groups in total. The van der Waals surface area contributed by atoms with Crippen molar-refractivity contribution in [2.75, 3.05) is 0 Å². The Hall–Kier alpha value is -0.590. The molecule has 0 aliphatic carbocycles. The second-order valence-corrected chi connectivity index (χ2v) is 4.87. The zero-order valence-corrected chi connectivity index (χ0v) is 12.2. The molecule has 0 atom stereocenters. The van der Waals surface area contributed by atoms with E-state index in [9.17, 15) is 0 Å². The van der Waals surface area contributed by atoms with Crippen LogP contribution in [-0.2, 0) is 0 Å². The summed E-state index contributed by atoms with van der Waals surface area (Å²) in [6, 6.07) is 0. The quantitative estimate of drug-likeness (QED) is 0.313. The molecule has 0 rings (SSSR count). The summed E-state index contributed by atoms with van der Waals surface area (Å²) in [7, 11) is 0. The van der Waals surface area contributed by atoms with Gasteiger partial charge in [0.15, 0.2) is 0 Å². The molecule has 0 heterocycles. The summed E-state index contributed by atoms with van der Waals surface area (Å²) in [4.78, 5) is 4.35. The molecule has 0 radical (unpaired) electrons. The van der Waals surface area contributed by atoms with E-state index in [1.165, 1.54) is 63.5 Å². The molecular weight excluding hydrogens is 206 g/mol. The maximum absolute atomic E-state index is 4.35. The van der Waals surface area contributed by atoms with Gasteiger partial charge in [0.25, 0.3) is 0 Å². The molecule has 0 amide bonds. The molecule has 0 unspecified atom stereocenters. The van der Waals surface area contributed by atoms with Gasteiger partial charge >= 0.3 is 0 Å².